The molecule has 4 N–H and O–H groups in total. The van der Waals surface area contributed by atoms with Gasteiger partial charge >= 0.3 is 0 Å². The standard InChI is InChI=1S/C23H22N8O4/c1-23(19(32)21(33)28-14-2-3-16-17(12-14)26-13-27-20(16)24)22(34)30(10-11-35-23)18-6-9-31(29-18)15-4-7-25-8-5-15/h2-9,12-13,19,32H,10-11H2,1H3,(H,28,33)(H2,24,26,27)/t19?,23-/m1/s1. The number of rotatable bonds is 5. The molecule has 35 heavy (non-hydrogen) atoms. The molecule has 2 atom stereocenters. The van der Waals surface area contributed by atoms with E-state index >= 15 is 0 Å². The van der Waals surface area contributed by atoms with Crippen molar-refractivity contribution in [3.05, 3.63) is 61.3 Å². The number of amides is 2. The molecule has 0 radical (unpaired) electrons. The first-order valence-corrected chi connectivity index (χ1v) is 10.8. The summed E-state index contributed by atoms with van der Waals surface area (Å²) in [5, 5.41) is 18.6. The Kier molecular flexibility index (Phi) is 5.59. The summed E-state index contributed by atoms with van der Waals surface area (Å²) < 4.78 is 7.25. The first kappa shape index (κ1) is 22.4. The molecule has 1 aliphatic heterocycles. The number of benzene rings is 1. The van der Waals surface area contributed by atoms with Crippen LogP contribution in [0.3, 0.4) is 0 Å². The second kappa shape index (κ2) is 8.74. The molecule has 1 aromatic carbocycles. The third kappa shape index (κ3) is 4.05. The molecule has 5 rings (SSSR count). The van der Waals surface area contributed by atoms with E-state index in [0.29, 0.717) is 28.2 Å². The first-order valence-electron chi connectivity index (χ1n) is 10.8. The van der Waals surface area contributed by atoms with Crippen LogP contribution < -0.4 is 16.0 Å². The van der Waals surface area contributed by atoms with Gasteiger partial charge in [0, 0.05) is 35.7 Å². The van der Waals surface area contributed by atoms with Crippen molar-refractivity contribution in [2.75, 3.05) is 29.1 Å². The first-order chi connectivity index (χ1) is 16.9. The predicted molar refractivity (Wildman–Crippen MR) is 127 cm³/mol. The lowest BCUT2D eigenvalue weighted by Crippen LogP contribution is -2.63. The lowest BCUT2D eigenvalue weighted by molar-refractivity contribution is -0.170. The molecule has 0 spiro atoms. The molecule has 0 aliphatic carbocycles. The van der Waals surface area contributed by atoms with Crippen molar-refractivity contribution in [2.24, 2.45) is 0 Å². The van der Waals surface area contributed by atoms with E-state index in [9.17, 15) is 14.7 Å². The molecule has 4 aromatic rings. The average Bonchev–Trinajstić information content (AvgIpc) is 3.36. The molecule has 12 heteroatoms. The molecular weight excluding hydrogens is 452 g/mol. The normalized spacial score (nSPS) is 19.0. The summed E-state index contributed by atoms with van der Waals surface area (Å²) in [4.78, 5) is 39.7. The van der Waals surface area contributed by atoms with E-state index in [0.717, 1.165) is 5.69 Å². The third-order valence-electron chi connectivity index (χ3n) is 5.87. The molecule has 4 heterocycles. The van der Waals surface area contributed by atoms with Gasteiger partial charge in [0.15, 0.2) is 17.5 Å². The lowest BCUT2D eigenvalue weighted by atomic mass is 9.94. The number of ether oxygens (including phenoxy) is 1. The number of nitrogens with two attached hydrogens (primary N) is 1. The molecule has 12 nitrogen and oxygen atoms in total. The van der Waals surface area contributed by atoms with Crippen molar-refractivity contribution in [1.29, 1.82) is 0 Å². The highest BCUT2D eigenvalue weighted by atomic mass is 16.5. The quantitative estimate of drug-likeness (QED) is 0.382. The monoisotopic (exact) mass is 474 g/mol. The summed E-state index contributed by atoms with van der Waals surface area (Å²) in [7, 11) is 0. The highest BCUT2D eigenvalue weighted by Gasteiger charge is 2.51. The van der Waals surface area contributed by atoms with Crippen LogP contribution in [-0.2, 0) is 14.3 Å². The number of aromatic nitrogens is 5. The third-order valence-corrected chi connectivity index (χ3v) is 5.87. The molecule has 0 bridgehead atoms. The zero-order chi connectivity index (χ0) is 24.6. The fourth-order valence-electron chi connectivity index (χ4n) is 3.91. The number of nitrogen functional groups attached to an aromatic ring is 1. The maximum absolute atomic E-state index is 13.4. The van der Waals surface area contributed by atoms with Gasteiger partial charge in [-0.05, 0) is 37.3 Å². The Hall–Kier alpha value is -4.42. The molecular formula is C23H22N8O4. The Morgan fingerprint density at radius 1 is 1.23 bits per heavy atom. The highest BCUT2D eigenvalue weighted by Crippen LogP contribution is 2.28. The predicted octanol–water partition coefficient (Wildman–Crippen LogP) is 0.914. The zero-order valence-electron chi connectivity index (χ0n) is 18.7. The number of carbonyl (C=O) groups is 2. The SMILES string of the molecule is C[C@]1(C(O)C(=O)Nc2ccc3c(N)ncnc3c2)OCCN(c2ccn(-c3ccncc3)n2)C1=O. The van der Waals surface area contributed by atoms with Crippen LogP contribution in [0.4, 0.5) is 17.3 Å². The van der Waals surface area contributed by atoms with Crippen molar-refractivity contribution in [1.82, 2.24) is 24.7 Å². The number of pyridine rings is 1. The van der Waals surface area contributed by atoms with Gasteiger partial charge in [0.25, 0.3) is 11.8 Å². The lowest BCUT2D eigenvalue weighted by Gasteiger charge is -2.40. The van der Waals surface area contributed by atoms with E-state index in [1.54, 1.807) is 59.7 Å². The van der Waals surface area contributed by atoms with Crippen LogP contribution in [0, 0.1) is 0 Å². The number of aliphatic hydroxyl groups is 1. The van der Waals surface area contributed by atoms with E-state index in [-0.39, 0.29) is 13.2 Å². The van der Waals surface area contributed by atoms with Gasteiger partial charge in [0.2, 0.25) is 0 Å². The number of aliphatic hydroxyl groups excluding tert-OH is 1. The minimum absolute atomic E-state index is 0.112. The Labute approximate surface area is 199 Å². The molecule has 1 aliphatic rings. The minimum atomic E-state index is -1.81. The van der Waals surface area contributed by atoms with Gasteiger partial charge in [-0.1, -0.05) is 0 Å². The zero-order valence-corrected chi connectivity index (χ0v) is 18.7. The van der Waals surface area contributed by atoms with Crippen molar-refractivity contribution in [3.63, 3.8) is 0 Å². The molecule has 2 amide bonds. The summed E-state index contributed by atoms with van der Waals surface area (Å²) >= 11 is 0. The van der Waals surface area contributed by atoms with Gasteiger partial charge in [-0.2, -0.15) is 0 Å². The largest absolute Gasteiger partial charge is 0.383 e. The number of morpholine rings is 1. The fourth-order valence-corrected chi connectivity index (χ4v) is 3.91. The van der Waals surface area contributed by atoms with Crippen LogP contribution in [0.15, 0.2) is 61.3 Å². The summed E-state index contributed by atoms with van der Waals surface area (Å²) in [5.41, 5.74) is 5.70. The summed E-state index contributed by atoms with van der Waals surface area (Å²) in [6.45, 7) is 1.72. The van der Waals surface area contributed by atoms with Crippen molar-refractivity contribution >= 4 is 40.0 Å². The number of carbonyl (C=O) groups excluding carboxylic acids is 2. The second-order valence-electron chi connectivity index (χ2n) is 8.12. The van der Waals surface area contributed by atoms with E-state index in [1.165, 1.54) is 18.2 Å². The van der Waals surface area contributed by atoms with Gasteiger partial charge < -0.3 is 20.9 Å². The van der Waals surface area contributed by atoms with Crippen molar-refractivity contribution < 1.29 is 19.4 Å². The van der Waals surface area contributed by atoms with Gasteiger partial charge in [-0.25, -0.2) is 14.6 Å². The highest BCUT2D eigenvalue weighted by molar-refractivity contribution is 6.06. The van der Waals surface area contributed by atoms with Crippen LogP contribution in [-0.4, -0.2) is 66.5 Å². The number of nitrogens with zero attached hydrogens (tertiary/aromatic N) is 6. The molecule has 0 saturated carbocycles. The number of nitrogens with one attached hydrogen (secondary N) is 1. The summed E-state index contributed by atoms with van der Waals surface area (Å²) in [6.07, 6.45) is 4.52. The molecule has 1 fully saturated rings. The smallest absolute Gasteiger partial charge is 0.263 e. The van der Waals surface area contributed by atoms with Gasteiger partial charge in [-0.3, -0.25) is 19.5 Å². The number of hydrogen-bond acceptors (Lipinski definition) is 9. The maximum Gasteiger partial charge on any atom is 0.263 e. The van der Waals surface area contributed by atoms with Crippen LogP contribution >= 0.6 is 0 Å². The number of fused-ring (bicyclic) bond motifs is 1. The second-order valence-corrected chi connectivity index (χ2v) is 8.12. The minimum Gasteiger partial charge on any atom is -0.383 e. The van der Waals surface area contributed by atoms with Crippen LogP contribution in [0.1, 0.15) is 6.92 Å². The Morgan fingerprint density at radius 3 is 2.83 bits per heavy atom. The topological polar surface area (TPSA) is 161 Å². The van der Waals surface area contributed by atoms with E-state index in [4.69, 9.17) is 10.5 Å². The average molecular weight is 474 g/mol. The summed E-state index contributed by atoms with van der Waals surface area (Å²) in [5.74, 6) is -0.689. The Balaban J connectivity index is 1.34. The van der Waals surface area contributed by atoms with E-state index in [1.807, 2.05) is 0 Å². The fraction of sp³-hybridized carbons (Fsp3) is 0.217. The van der Waals surface area contributed by atoms with Crippen LogP contribution in [0.2, 0.25) is 0 Å². The Morgan fingerprint density at radius 2 is 2.03 bits per heavy atom. The van der Waals surface area contributed by atoms with Gasteiger partial charge in [0.1, 0.15) is 12.1 Å². The number of anilines is 3. The number of hydrogen-bond donors (Lipinski definition) is 3. The molecule has 1 unspecified atom stereocenters. The van der Waals surface area contributed by atoms with Crippen molar-refractivity contribution in [3.8, 4) is 5.69 Å². The molecule has 178 valence electrons. The van der Waals surface area contributed by atoms with Gasteiger partial charge in [-0.15, -0.1) is 5.10 Å². The van der Waals surface area contributed by atoms with E-state index < -0.39 is 23.5 Å². The maximum atomic E-state index is 13.4. The van der Waals surface area contributed by atoms with Crippen LogP contribution in [0.25, 0.3) is 16.6 Å². The van der Waals surface area contributed by atoms with E-state index in [2.05, 4.69) is 25.4 Å². The summed E-state index contributed by atoms with van der Waals surface area (Å²) in [6, 6.07) is 10.1. The molecule has 1 saturated heterocycles. The van der Waals surface area contributed by atoms with Crippen LogP contribution in [0.5, 0.6) is 0 Å². The molecule has 3 aromatic heterocycles. The van der Waals surface area contributed by atoms with Gasteiger partial charge in [0.05, 0.1) is 24.4 Å². The Bertz CT molecular complexity index is 1410. The van der Waals surface area contributed by atoms with Crippen molar-refractivity contribution in [2.45, 2.75) is 18.6 Å².